The molecule has 2 nitrogen and oxygen atoms in total. The fourth-order valence-electron chi connectivity index (χ4n) is 1.99. The smallest absolute Gasteiger partial charge is 0.199 e. The van der Waals surface area contributed by atoms with Crippen LogP contribution in [-0.2, 0) is 5.41 Å². The molecule has 0 bridgehead atoms. The van der Waals surface area contributed by atoms with Crippen molar-refractivity contribution in [2.24, 2.45) is 0 Å². The number of nitrogens with zero attached hydrogens (tertiary/aromatic N) is 1. The van der Waals surface area contributed by atoms with E-state index in [1.54, 1.807) is 12.5 Å². The second-order valence-electron chi connectivity index (χ2n) is 4.61. The van der Waals surface area contributed by atoms with Gasteiger partial charge in [0.05, 0.1) is 6.20 Å². The van der Waals surface area contributed by atoms with Crippen molar-refractivity contribution in [3.8, 4) is 0 Å². The molecule has 0 spiro atoms. The molecule has 1 rings (SSSR count). The van der Waals surface area contributed by atoms with E-state index in [9.17, 15) is 0 Å². The fraction of sp³-hybridized carbons (Fsp3) is 0.769. The van der Waals surface area contributed by atoms with E-state index in [0.717, 1.165) is 5.89 Å². The molecule has 0 aliphatic heterocycles. The highest BCUT2D eigenvalue weighted by molar-refractivity contribution is 5.01. The summed E-state index contributed by atoms with van der Waals surface area (Å²) in [6.45, 7) is 6.75. The maximum atomic E-state index is 5.48. The van der Waals surface area contributed by atoms with Gasteiger partial charge in [-0.3, -0.25) is 0 Å². The zero-order valence-electron chi connectivity index (χ0n) is 10.3. The largest absolute Gasteiger partial charge is 0.448 e. The molecule has 0 amide bonds. The minimum Gasteiger partial charge on any atom is -0.448 e. The number of aromatic nitrogens is 1. The van der Waals surface area contributed by atoms with Crippen LogP contribution in [0.4, 0.5) is 0 Å². The first kappa shape index (κ1) is 12.3. The Bertz CT molecular complexity index is 246. The lowest BCUT2D eigenvalue weighted by atomic mass is 9.80. The zero-order valence-corrected chi connectivity index (χ0v) is 10.3. The minimum atomic E-state index is 0.148. The van der Waals surface area contributed by atoms with Crippen LogP contribution < -0.4 is 0 Å². The highest BCUT2D eigenvalue weighted by Crippen LogP contribution is 2.33. The Hall–Kier alpha value is -0.790. The predicted octanol–water partition coefficient (Wildman–Crippen LogP) is 4.31. The van der Waals surface area contributed by atoms with Gasteiger partial charge in [-0.25, -0.2) is 4.98 Å². The topological polar surface area (TPSA) is 26.0 Å². The molecule has 0 saturated carbocycles. The summed E-state index contributed by atoms with van der Waals surface area (Å²) in [5.41, 5.74) is 0.148. The summed E-state index contributed by atoms with van der Waals surface area (Å²) in [6, 6.07) is 0. The normalized spacial score (nSPS) is 11.9. The van der Waals surface area contributed by atoms with Crippen molar-refractivity contribution in [2.45, 2.75) is 64.7 Å². The SMILES string of the molecule is CCCCC(C)(CCCC)c1ncco1. The van der Waals surface area contributed by atoms with E-state index in [1.165, 1.54) is 38.5 Å². The Kier molecular flexibility index (Phi) is 4.86. The van der Waals surface area contributed by atoms with Crippen molar-refractivity contribution in [3.05, 3.63) is 18.4 Å². The Morgan fingerprint density at radius 1 is 1.20 bits per heavy atom. The number of hydrogen-bond donors (Lipinski definition) is 0. The van der Waals surface area contributed by atoms with E-state index in [-0.39, 0.29) is 5.41 Å². The molecule has 1 aromatic heterocycles. The monoisotopic (exact) mass is 209 g/mol. The molecule has 0 saturated heterocycles. The van der Waals surface area contributed by atoms with Gasteiger partial charge < -0.3 is 4.42 Å². The quantitative estimate of drug-likeness (QED) is 0.668. The van der Waals surface area contributed by atoms with E-state index in [1.807, 2.05) is 0 Å². The molecular weight excluding hydrogens is 186 g/mol. The molecule has 1 aromatic rings. The molecule has 0 aliphatic rings. The van der Waals surface area contributed by atoms with Gasteiger partial charge in [0.25, 0.3) is 0 Å². The lowest BCUT2D eigenvalue weighted by Crippen LogP contribution is -2.22. The third kappa shape index (κ3) is 3.37. The molecule has 0 atom stereocenters. The predicted molar refractivity (Wildman–Crippen MR) is 62.9 cm³/mol. The van der Waals surface area contributed by atoms with Crippen molar-refractivity contribution in [1.29, 1.82) is 0 Å². The van der Waals surface area contributed by atoms with Crippen LogP contribution in [0.25, 0.3) is 0 Å². The van der Waals surface area contributed by atoms with Gasteiger partial charge in [-0.15, -0.1) is 0 Å². The number of rotatable bonds is 7. The van der Waals surface area contributed by atoms with Crippen molar-refractivity contribution in [1.82, 2.24) is 4.98 Å². The molecule has 0 unspecified atom stereocenters. The third-order valence-corrected chi connectivity index (χ3v) is 3.11. The second-order valence-corrected chi connectivity index (χ2v) is 4.61. The second kappa shape index (κ2) is 5.94. The molecule has 0 aromatic carbocycles. The highest BCUT2D eigenvalue weighted by Gasteiger charge is 2.29. The molecule has 0 radical (unpaired) electrons. The van der Waals surface area contributed by atoms with Crippen molar-refractivity contribution < 1.29 is 4.42 Å². The van der Waals surface area contributed by atoms with Gasteiger partial charge in [0.15, 0.2) is 5.89 Å². The van der Waals surface area contributed by atoms with Gasteiger partial charge in [0.2, 0.25) is 0 Å². The van der Waals surface area contributed by atoms with E-state index in [4.69, 9.17) is 4.42 Å². The van der Waals surface area contributed by atoms with Gasteiger partial charge in [0.1, 0.15) is 6.26 Å². The molecule has 0 N–H and O–H groups in total. The zero-order chi connectivity index (χ0) is 11.1. The summed E-state index contributed by atoms with van der Waals surface area (Å²) in [6.07, 6.45) is 10.8. The van der Waals surface area contributed by atoms with Crippen LogP contribution in [0.2, 0.25) is 0 Å². The molecular formula is C13H23NO. The van der Waals surface area contributed by atoms with Crippen LogP contribution in [0.15, 0.2) is 16.9 Å². The first-order valence-electron chi connectivity index (χ1n) is 6.13. The van der Waals surface area contributed by atoms with Gasteiger partial charge in [-0.05, 0) is 12.8 Å². The Labute approximate surface area is 93.1 Å². The Morgan fingerprint density at radius 2 is 1.80 bits per heavy atom. The first-order valence-corrected chi connectivity index (χ1v) is 6.13. The average Bonchev–Trinajstić information content (AvgIpc) is 2.77. The molecule has 2 heteroatoms. The van der Waals surface area contributed by atoms with Crippen LogP contribution in [0.5, 0.6) is 0 Å². The van der Waals surface area contributed by atoms with Crippen molar-refractivity contribution >= 4 is 0 Å². The summed E-state index contributed by atoms with van der Waals surface area (Å²) in [7, 11) is 0. The van der Waals surface area contributed by atoms with Crippen molar-refractivity contribution in [2.75, 3.05) is 0 Å². The minimum absolute atomic E-state index is 0.148. The summed E-state index contributed by atoms with van der Waals surface area (Å²) >= 11 is 0. The number of hydrogen-bond acceptors (Lipinski definition) is 2. The summed E-state index contributed by atoms with van der Waals surface area (Å²) in [5.74, 6) is 0.921. The van der Waals surface area contributed by atoms with Crippen LogP contribution >= 0.6 is 0 Å². The van der Waals surface area contributed by atoms with Gasteiger partial charge in [-0.2, -0.15) is 0 Å². The van der Waals surface area contributed by atoms with Gasteiger partial charge >= 0.3 is 0 Å². The highest BCUT2D eigenvalue weighted by atomic mass is 16.3. The summed E-state index contributed by atoms with van der Waals surface area (Å²) < 4.78 is 5.48. The van der Waals surface area contributed by atoms with Gasteiger partial charge in [0, 0.05) is 5.41 Å². The van der Waals surface area contributed by atoms with Crippen LogP contribution in [0.1, 0.15) is 65.2 Å². The van der Waals surface area contributed by atoms with Crippen LogP contribution in [-0.4, -0.2) is 4.98 Å². The van der Waals surface area contributed by atoms with E-state index in [2.05, 4.69) is 25.8 Å². The lowest BCUT2D eigenvalue weighted by Gasteiger charge is -2.25. The fourth-order valence-corrected chi connectivity index (χ4v) is 1.99. The maximum Gasteiger partial charge on any atom is 0.199 e. The molecule has 15 heavy (non-hydrogen) atoms. The van der Waals surface area contributed by atoms with Crippen LogP contribution in [0, 0.1) is 0 Å². The first-order chi connectivity index (χ1) is 7.23. The number of unbranched alkanes of at least 4 members (excludes halogenated alkanes) is 2. The third-order valence-electron chi connectivity index (χ3n) is 3.11. The van der Waals surface area contributed by atoms with E-state index >= 15 is 0 Å². The average molecular weight is 209 g/mol. The van der Waals surface area contributed by atoms with Crippen LogP contribution in [0.3, 0.4) is 0 Å². The molecule has 1 heterocycles. The molecule has 86 valence electrons. The molecule has 0 aliphatic carbocycles. The summed E-state index contributed by atoms with van der Waals surface area (Å²) in [5, 5.41) is 0. The van der Waals surface area contributed by atoms with E-state index in [0.29, 0.717) is 0 Å². The van der Waals surface area contributed by atoms with Gasteiger partial charge in [-0.1, -0.05) is 46.5 Å². The Morgan fingerprint density at radius 3 is 2.20 bits per heavy atom. The lowest BCUT2D eigenvalue weighted by molar-refractivity contribution is 0.292. The molecule has 0 fully saturated rings. The van der Waals surface area contributed by atoms with E-state index < -0.39 is 0 Å². The number of oxazole rings is 1. The van der Waals surface area contributed by atoms with Crippen molar-refractivity contribution in [3.63, 3.8) is 0 Å². The standard InChI is InChI=1S/C13H23NO/c1-4-6-8-13(3,9-7-5-2)12-14-10-11-15-12/h10-11H,4-9H2,1-3H3. The maximum absolute atomic E-state index is 5.48. The Balaban J connectivity index is 2.67. The summed E-state index contributed by atoms with van der Waals surface area (Å²) in [4.78, 5) is 4.33.